The Morgan fingerprint density at radius 3 is 2.73 bits per heavy atom. The van der Waals surface area contributed by atoms with Gasteiger partial charge in [-0.25, -0.2) is 0 Å². The fraction of sp³-hybridized carbons (Fsp3) is 0.556. The van der Waals surface area contributed by atoms with Crippen molar-refractivity contribution in [3.05, 3.63) is 18.0 Å². The molecule has 0 fully saturated rings. The van der Waals surface area contributed by atoms with Gasteiger partial charge in [-0.2, -0.15) is 13.9 Å². The van der Waals surface area contributed by atoms with E-state index in [0.29, 0.717) is 0 Å². The second-order valence-corrected chi connectivity index (χ2v) is 3.53. The number of hydrogen-bond acceptors (Lipinski definition) is 2. The van der Waals surface area contributed by atoms with Crippen LogP contribution >= 0.6 is 0 Å². The maximum Gasteiger partial charge on any atom is 0.309 e. The SMILES string of the molecule is CC(C)n1nccc1C(F)(F)CC(=O)O. The molecule has 0 bridgehead atoms. The molecule has 0 atom stereocenters. The van der Waals surface area contributed by atoms with Crippen molar-refractivity contribution < 1.29 is 18.7 Å². The number of aromatic nitrogens is 2. The van der Waals surface area contributed by atoms with Crippen molar-refractivity contribution in [3.63, 3.8) is 0 Å². The maximum absolute atomic E-state index is 13.4. The summed E-state index contributed by atoms with van der Waals surface area (Å²) in [4.78, 5) is 10.3. The van der Waals surface area contributed by atoms with E-state index < -0.39 is 18.3 Å². The van der Waals surface area contributed by atoms with Crippen molar-refractivity contribution in [2.75, 3.05) is 0 Å². The fourth-order valence-corrected chi connectivity index (χ4v) is 1.30. The lowest BCUT2D eigenvalue weighted by Gasteiger charge is -2.18. The van der Waals surface area contributed by atoms with Crippen LogP contribution in [-0.4, -0.2) is 20.9 Å². The van der Waals surface area contributed by atoms with Crippen LogP contribution in [0.2, 0.25) is 0 Å². The van der Waals surface area contributed by atoms with Crippen LogP contribution in [0.4, 0.5) is 8.78 Å². The quantitative estimate of drug-likeness (QED) is 0.841. The molecule has 84 valence electrons. The maximum atomic E-state index is 13.4. The van der Waals surface area contributed by atoms with Crippen molar-refractivity contribution in [1.29, 1.82) is 0 Å². The first-order valence-electron chi connectivity index (χ1n) is 4.48. The van der Waals surface area contributed by atoms with Gasteiger partial charge in [0.1, 0.15) is 12.1 Å². The fourth-order valence-electron chi connectivity index (χ4n) is 1.30. The molecule has 0 unspecified atom stereocenters. The first-order valence-corrected chi connectivity index (χ1v) is 4.48. The van der Waals surface area contributed by atoms with E-state index in [0.717, 1.165) is 10.7 Å². The Morgan fingerprint density at radius 1 is 1.67 bits per heavy atom. The molecule has 1 aromatic heterocycles. The molecule has 0 amide bonds. The minimum Gasteiger partial charge on any atom is -0.481 e. The third kappa shape index (κ3) is 2.51. The van der Waals surface area contributed by atoms with Crippen LogP contribution in [-0.2, 0) is 10.7 Å². The molecular weight excluding hydrogens is 206 g/mol. The van der Waals surface area contributed by atoms with E-state index in [1.807, 2.05) is 0 Å². The number of carbonyl (C=O) groups is 1. The minimum absolute atomic E-state index is 0.227. The first-order chi connectivity index (χ1) is 6.84. The number of hydrogen-bond donors (Lipinski definition) is 1. The highest BCUT2D eigenvalue weighted by molar-refractivity contribution is 5.68. The van der Waals surface area contributed by atoms with Crippen molar-refractivity contribution in [1.82, 2.24) is 9.78 Å². The third-order valence-electron chi connectivity index (χ3n) is 1.91. The van der Waals surface area contributed by atoms with Crippen LogP contribution in [0, 0.1) is 0 Å². The van der Waals surface area contributed by atoms with Gasteiger partial charge in [0.05, 0.1) is 0 Å². The second-order valence-electron chi connectivity index (χ2n) is 3.53. The molecule has 0 aliphatic rings. The molecule has 0 radical (unpaired) electrons. The molecule has 0 aliphatic heterocycles. The summed E-state index contributed by atoms with van der Waals surface area (Å²) in [5.74, 6) is -4.91. The van der Waals surface area contributed by atoms with E-state index in [4.69, 9.17) is 5.11 Å². The molecule has 0 saturated heterocycles. The first kappa shape index (κ1) is 11.6. The van der Waals surface area contributed by atoms with E-state index in [1.165, 1.54) is 6.20 Å². The van der Waals surface area contributed by atoms with Gasteiger partial charge in [0, 0.05) is 12.2 Å². The Labute approximate surface area is 85.5 Å². The van der Waals surface area contributed by atoms with Crippen LogP contribution in [0.3, 0.4) is 0 Å². The summed E-state index contributed by atoms with van der Waals surface area (Å²) in [6.45, 7) is 3.40. The van der Waals surface area contributed by atoms with Gasteiger partial charge in [0.15, 0.2) is 0 Å². The highest BCUT2D eigenvalue weighted by atomic mass is 19.3. The van der Waals surface area contributed by atoms with Gasteiger partial charge in [0.2, 0.25) is 0 Å². The number of carboxylic acids is 1. The standard InChI is InChI=1S/C9H12F2N2O2/c1-6(2)13-7(3-4-12-13)9(10,11)5-8(14)15/h3-4,6H,5H2,1-2H3,(H,14,15). The minimum atomic E-state index is -3.38. The van der Waals surface area contributed by atoms with Crippen LogP contribution in [0.1, 0.15) is 32.0 Å². The Morgan fingerprint density at radius 2 is 2.27 bits per heavy atom. The average molecular weight is 218 g/mol. The monoisotopic (exact) mass is 218 g/mol. The summed E-state index contributed by atoms with van der Waals surface area (Å²) in [7, 11) is 0. The van der Waals surface area contributed by atoms with Crippen LogP contribution in [0.15, 0.2) is 12.3 Å². The normalized spacial score (nSPS) is 12.1. The largest absolute Gasteiger partial charge is 0.481 e. The summed E-state index contributed by atoms with van der Waals surface area (Å²) in [5.41, 5.74) is -0.361. The predicted molar refractivity (Wildman–Crippen MR) is 48.8 cm³/mol. The number of halogens is 2. The van der Waals surface area contributed by atoms with Gasteiger partial charge in [-0.3, -0.25) is 9.48 Å². The molecule has 0 aromatic carbocycles. The van der Waals surface area contributed by atoms with E-state index in [2.05, 4.69) is 5.10 Å². The van der Waals surface area contributed by atoms with E-state index in [-0.39, 0.29) is 11.7 Å². The summed E-state index contributed by atoms with van der Waals surface area (Å²) >= 11 is 0. The number of aliphatic carboxylic acids is 1. The summed E-state index contributed by atoms with van der Waals surface area (Å²) in [6.07, 6.45) is 0.0243. The number of alkyl halides is 2. The zero-order valence-corrected chi connectivity index (χ0v) is 8.44. The number of carboxylic acid groups (broad SMARTS) is 1. The van der Waals surface area contributed by atoms with Crippen LogP contribution in [0.5, 0.6) is 0 Å². The summed E-state index contributed by atoms with van der Waals surface area (Å²) in [6, 6.07) is 0.915. The summed E-state index contributed by atoms with van der Waals surface area (Å²) < 4.78 is 28.0. The molecule has 0 aliphatic carbocycles. The third-order valence-corrected chi connectivity index (χ3v) is 1.91. The smallest absolute Gasteiger partial charge is 0.309 e. The van der Waals surface area contributed by atoms with Crippen molar-refractivity contribution in [3.8, 4) is 0 Å². The Balaban J connectivity index is 3.03. The van der Waals surface area contributed by atoms with E-state index in [9.17, 15) is 13.6 Å². The molecule has 0 spiro atoms. The van der Waals surface area contributed by atoms with E-state index in [1.54, 1.807) is 13.8 Å². The Hall–Kier alpha value is -1.46. The number of nitrogens with zero attached hydrogens (tertiary/aromatic N) is 2. The highest BCUT2D eigenvalue weighted by Gasteiger charge is 2.38. The van der Waals surface area contributed by atoms with Crippen molar-refractivity contribution in [2.45, 2.75) is 32.2 Å². The van der Waals surface area contributed by atoms with Gasteiger partial charge in [0.25, 0.3) is 5.92 Å². The molecule has 1 N–H and O–H groups in total. The Bertz CT molecular complexity index is 361. The van der Waals surface area contributed by atoms with Gasteiger partial charge in [-0.05, 0) is 19.9 Å². The molecule has 1 heterocycles. The molecule has 0 saturated carbocycles. The zero-order chi connectivity index (χ0) is 11.6. The average Bonchev–Trinajstić information content (AvgIpc) is 2.48. The van der Waals surface area contributed by atoms with Crippen molar-refractivity contribution >= 4 is 5.97 Å². The highest BCUT2D eigenvalue weighted by Crippen LogP contribution is 2.32. The van der Waals surface area contributed by atoms with E-state index >= 15 is 0 Å². The molecular formula is C9H12F2N2O2. The van der Waals surface area contributed by atoms with Gasteiger partial charge in [-0.1, -0.05) is 0 Å². The van der Waals surface area contributed by atoms with Crippen molar-refractivity contribution in [2.24, 2.45) is 0 Å². The molecule has 15 heavy (non-hydrogen) atoms. The molecule has 1 aromatic rings. The predicted octanol–water partition coefficient (Wildman–Crippen LogP) is 2.03. The lowest BCUT2D eigenvalue weighted by Crippen LogP contribution is -2.23. The zero-order valence-electron chi connectivity index (χ0n) is 8.44. The number of rotatable bonds is 4. The molecule has 1 rings (SSSR count). The van der Waals surface area contributed by atoms with Crippen LogP contribution < -0.4 is 0 Å². The van der Waals surface area contributed by atoms with Gasteiger partial charge >= 0.3 is 5.97 Å². The molecule has 4 nitrogen and oxygen atoms in total. The van der Waals surface area contributed by atoms with Crippen LogP contribution in [0.25, 0.3) is 0 Å². The lowest BCUT2D eigenvalue weighted by molar-refractivity contribution is -0.146. The summed E-state index contributed by atoms with van der Waals surface area (Å²) in [5, 5.41) is 12.1. The molecule has 6 heteroatoms. The second kappa shape index (κ2) is 3.96. The lowest BCUT2D eigenvalue weighted by atomic mass is 10.1. The Kier molecular flexibility index (Phi) is 3.06. The topological polar surface area (TPSA) is 55.1 Å². The van der Waals surface area contributed by atoms with Gasteiger partial charge in [-0.15, -0.1) is 0 Å². The van der Waals surface area contributed by atoms with Gasteiger partial charge < -0.3 is 5.11 Å².